The van der Waals surface area contributed by atoms with E-state index in [1.54, 1.807) is 11.8 Å². The minimum Gasteiger partial charge on any atom is -0.367 e. The lowest BCUT2D eigenvalue weighted by atomic mass is 10.7. The van der Waals surface area contributed by atoms with E-state index < -0.39 is 0 Å². The van der Waals surface area contributed by atoms with Gasteiger partial charge in [0.15, 0.2) is 0 Å². The van der Waals surface area contributed by atoms with Crippen LogP contribution in [0.3, 0.4) is 0 Å². The first kappa shape index (κ1) is 5.04. The van der Waals surface area contributed by atoms with Crippen molar-refractivity contribution in [2.45, 2.75) is 6.92 Å². The minimum atomic E-state index is 1.09. The van der Waals surface area contributed by atoms with Crippen molar-refractivity contribution in [3.8, 4) is 0 Å². The molecule has 0 fully saturated rings. The second-order valence-corrected chi connectivity index (χ2v) is 2.21. The summed E-state index contributed by atoms with van der Waals surface area (Å²) in [6.45, 7) is 3.25. The molecule has 0 spiro atoms. The molecule has 1 radical (unpaired) electrons. The third kappa shape index (κ3) is 1.13. The molecule has 1 aliphatic rings. The van der Waals surface area contributed by atoms with Crippen LogP contribution in [0.1, 0.15) is 6.92 Å². The molecule has 0 bridgehead atoms. The van der Waals surface area contributed by atoms with Crippen LogP contribution in [0.4, 0.5) is 0 Å². The second kappa shape index (κ2) is 2.26. The van der Waals surface area contributed by atoms with Crippen molar-refractivity contribution < 1.29 is 0 Å². The van der Waals surface area contributed by atoms with Gasteiger partial charge in [-0.15, -0.1) is 11.8 Å². The molecule has 0 N–H and O–H groups in total. The van der Waals surface area contributed by atoms with E-state index in [4.69, 9.17) is 0 Å². The van der Waals surface area contributed by atoms with E-state index in [0.29, 0.717) is 0 Å². The lowest BCUT2D eigenvalue weighted by molar-refractivity contribution is 0.473. The summed E-state index contributed by atoms with van der Waals surface area (Å²) in [5.41, 5.74) is 0. The van der Waals surface area contributed by atoms with Gasteiger partial charge in [0.1, 0.15) is 0 Å². The Kier molecular flexibility index (Phi) is 1.63. The molecule has 0 aromatic heterocycles. The van der Waals surface area contributed by atoms with Gasteiger partial charge >= 0.3 is 0 Å². The molecule has 0 saturated carbocycles. The van der Waals surface area contributed by atoms with Gasteiger partial charge in [0.05, 0.1) is 5.88 Å². The summed E-state index contributed by atoms with van der Waals surface area (Å²) >= 11 is 1.73. The van der Waals surface area contributed by atoms with Crippen molar-refractivity contribution in [2.75, 3.05) is 12.4 Å². The van der Waals surface area contributed by atoms with Gasteiger partial charge in [-0.1, -0.05) is 0 Å². The molecule has 39 valence electrons. The van der Waals surface area contributed by atoms with Gasteiger partial charge in [0.25, 0.3) is 0 Å². The molecule has 2 heteroatoms. The average molecular weight is 114 g/mol. The molecule has 1 nitrogen and oxygen atoms in total. The maximum Gasteiger partial charge on any atom is 0.0681 e. The van der Waals surface area contributed by atoms with Gasteiger partial charge in [0.2, 0.25) is 0 Å². The molecule has 0 unspecified atom stereocenters. The zero-order valence-corrected chi connectivity index (χ0v) is 5.16. The molecule has 0 saturated heterocycles. The van der Waals surface area contributed by atoms with Crippen LogP contribution in [0, 0.1) is 5.41 Å². The quantitative estimate of drug-likeness (QED) is 0.505. The van der Waals surface area contributed by atoms with Crippen LogP contribution in [0.5, 0.6) is 0 Å². The van der Waals surface area contributed by atoms with Crippen molar-refractivity contribution in [3.05, 3.63) is 11.6 Å². The molecule has 1 rings (SSSR count). The summed E-state index contributed by atoms with van der Waals surface area (Å²) in [5.74, 6) is 1.09. The highest BCUT2D eigenvalue weighted by molar-refractivity contribution is 8.01. The van der Waals surface area contributed by atoms with Gasteiger partial charge in [-0.3, -0.25) is 0 Å². The van der Waals surface area contributed by atoms with Crippen LogP contribution in [0.2, 0.25) is 0 Å². The molecule has 0 aromatic carbocycles. The third-order valence-electron chi connectivity index (χ3n) is 0.955. The highest BCUT2D eigenvalue weighted by atomic mass is 32.2. The van der Waals surface area contributed by atoms with E-state index in [-0.39, 0.29) is 0 Å². The molecule has 1 heterocycles. The first-order valence-electron chi connectivity index (χ1n) is 2.38. The van der Waals surface area contributed by atoms with Gasteiger partial charge in [-0.05, 0) is 6.92 Å². The van der Waals surface area contributed by atoms with E-state index in [1.165, 1.54) is 0 Å². The fourth-order valence-corrected chi connectivity index (χ4v) is 1.17. The zero-order chi connectivity index (χ0) is 5.11. The maximum atomic E-state index is 3.04. The van der Waals surface area contributed by atoms with Gasteiger partial charge in [-0.2, -0.15) is 0 Å². The molecule has 0 aromatic rings. The standard InChI is InChI=1S/C5H8NS/c1-2-6-3-4-7-5-6/h3H,2,5H2,1H3. The fourth-order valence-electron chi connectivity index (χ4n) is 0.452. The number of thioether (sulfide) groups is 1. The van der Waals surface area contributed by atoms with Crippen LogP contribution in [-0.4, -0.2) is 17.3 Å². The topological polar surface area (TPSA) is 3.24 Å². The van der Waals surface area contributed by atoms with Crippen LogP contribution in [-0.2, 0) is 0 Å². The van der Waals surface area contributed by atoms with Crippen molar-refractivity contribution in [2.24, 2.45) is 0 Å². The molecule has 7 heavy (non-hydrogen) atoms. The van der Waals surface area contributed by atoms with E-state index in [9.17, 15) is 0 Å². The summed E-state index contributed by atoms with van der Waals surface area (Å²) in [6.07, 6.45) is 2.00. The fraction of sp³-hybridized carbons (Fsp3) is 0.600. The van der Waals surface area contributed by atoms with Crippen LogP contribution in [0.15, 0.2) is 6.20 Å². The molecular formula is C5H8NS. The van der Waals surface area contributed by atoms with E-state index >= 15 is 0 Å². The largest absolute Gasteiger partial charge is 0.367 e. The number of hydrogen-bond donors (Lipinski definition) is 0. The smallest absolute Gasteiger partial charge is 0.0681 e. The van der Waals surface area contributed by atoms with Crippen molar-refractivity contribution in [1.82, 2.24) is 4.90 Å². The Hall–Kier alpha value is -0.110. The normalized spacial score (nSPS) is 18.7. The van der Waals surface area contributed by atoms with E-state index in [1.807, 2.05) is 6.20 Å². The molecule has 0 atom stereocenters. The van der Waals surface area contributed by atoms with E-state index in [2.05, 4.69) is 17.2 Å². The predicted octanol–water partition coefficient (Wildman–Crippen LogP) is 1.29. The van der Waals surface area contributed by atoms with Gasteiger partial charge in [-0.25, -0.2) is 0 Å². The number of rotatable bonds is 1. The zero-order valence-electron chi connectivity index (χ0n) is 4.35. The Balaban J connectivity index is 2.28. The first-order valence-corrected chi connectivity index (χ1v) is 3.36. The van der Waals surface area contributed by atoms with Gasteiger partial charge < -0.3 is 4.90 Å². The molecule has 0 amide bonds. The Morgan fingerprint density at radius 1 is 2.00 bits per heavy atom. The van der Waals surface area contributed by atoms with Crippen molar-refractivity contribution in [1.29, 1.82) is 0 Å². The van der Waals surface area contributed by atoms with Crippen LogP contribution < -0.4 is 0 Å². The first-order chi connectivity index (χ1) is 3.43. The monoisotopic (exact) mass is 114 g/mol. The minimum absolute atomic E-state index is 1.09. The Morgan fingerprint density at radius 3 is 3.14 bits per heavy atom. The second-order valence-electron chi connectivity index (χ2n) is 1.43. The Bertz CT molecular complexity index is 80.1. The highest BCUT2D eigenvalue weighted by Crippen LogP contribution is 2.12. The van der Waals surface area contributed by atoms with Crippen molar-refractivity contribution in [3.63, 3.8) is 0 Å². The van der Waals surface area contributed by atoms with Crippen LogP contribution in [0.25, 0.3) is 0 Å². The SMILES string of the molecule is CCN1C=[C]SC1. The molecule has 1 aliphatic heterocycles. The Morgan fingerprint density at radius 2 is 2.86 bits per heavy atom. The average Bonchev–Trinajstić information content (AvgIpc) is 2.14. The Labute approximate surface area is 48.4 Å². The third-order valence-corrected chi connectivity index (χ3v) is 1.69. The highest BCUT2D eigenvalue weighted by Gasteiger charge is 1.98. The summed E-state index contributed by atoms with van der Waals surface area (Å²) in [7, 11) is 0. The van der Waals surface area contributed by atoms with E-state index in [0.717, 1.165) is 12.4 Å². The summed E-state index contributed by atoms with van der Waals surface area (Å²) in [4.78, 5) is 2.21. The molecule has 0 aliphatic carbocycles. The summed E-state index contributed by atoms with van der Waals surface area (Å²) in [5, 5.41) is 3.04. The lowest BCUT2D eigenvalue weighted by Gasteiger charge is -2.08. The number of nitrogens with zero attached hydrogens (tertiary/aromatic N) is 1. The number of hydrogen-bond acceptors (Lipinski definition) is 2. The summed E-state index contributed by atoms with van der Waals surface area (Å²) in [6, 6.07) is 0. The molecular weight excluding hydrogens is 106 g/mol. The van der Waals surface area contributed by atoms with Gasteiger partial charge in [0, 0.05) is 18.2 Å². The van der Waals surface area contributed by atoms with Crippen LogP contribution >= 0.6 is 11.8 Å². The summed E-state index contributed by atoms with van der Waals surface area (Å²) < 4.78 is 0. The maximum absolute atomic E-state index is 3.04. The lowest BCUT2D eigenvalue weighted by Crippen LogP contribution is -2.10. The predicted molar refractivity (Wildman–Crippen MR) is 32.7 cm³/mol. The van der Waals surface area contributed by atoms with Crippen molar-refractivity contribution >= 4 is 11.8 Å².